The van der Waals surface area contributed by atoms with Crippen LogP contribution >= 0.6 is 0 Å². The first kappa shape index (κ1) is 15.8. The van der Waals surface area contributed by atoms with Crippen LogP contribution in [0.4, 0.5) is 5.69 Å². The first-order valence-corrected chi connectivity index (χ1v) is 7.36. The topological polar surface area (TPSA) is 52.4 Å². The molecule has 2 rings (SSSR count). The summed E-state index contributed by atoms with van der Waals surface area (Å²) in [6.45, 7) is 2.33. The summed E-state index contributed by atoms with van der Waals surface area (Å²) in [7, 11) is 0. The minimum absolute atomic E-state index is 0.00269. The Kier molecular flexibility index (Phi) is 5.72. The van der Waals surface area contributed by atoms with Gasteiger partial charge >= 0.3 is 11.7 Å². The molecule has 2 aromatic rings. The number of carbonyl (C=O) groups is 1. The molecule has 0 unspecified atom stereocenters. The molecule has 0 fully saturated rings. The lowest BCUT2D eigenvalue weighted by Crippen LogP contribution is -2.26. The van der Waals surface area contributed by atoms with Gasteiger partial charge in [0.25, 0.3) is 0 Å². The molecule has 0 radical (unpaired) electrons. The predicted molar refractivity (Wildman–Crippen MR) is 86.1 cm³/mol. The van der Waals surface area contributed by atoms with E-state index in [1.807, 2.05) is 19.1 Å². The Hall–Kier alpha value is -2.62. The number of benzene rings is 2. The van der Waals surface area contributed by atoms with Gasteiger partial charge in [0.1, 0.15) is 0 Å². The average Bonchev–Trinajstić information content (AvgIpc) is 2.57. The molecule has 4 heteroatoms. The van der Waals surface area contributed by atoms with Gasteiger partial charge in [-0.1, -0.05) is 49.7 Å². The van der Waals surface area contributed by atoms with Gasteiger partial charge in [-0.3, -0.25) is 0 Å². The Bertz CT molecular complexity index is 636. The van der Waals surface area contributed by atoms with E-state index in [1.165, 1.54) is 0 Å². The maximum Gasteiger partial charge on any atom is 0.405 e. The fraction of sp³-hybridized carbons (Fsp3) is 0.222. The molecule has 0 aliphatic carbocycles. The number of unbranched alkanes of at least 4 members (excludes halogenated alkanes) is 1. The number of esters is 1. The Morgan fingerprint density at radius 2 is 1.64 bits per heavy atom. The number of nitrogens with zero attached hydrogens (tertiary/aromatic N) is 1. The highest BCUT2D eigenvalue weighted by Crippen LogP contribution is 2.13. The van der Waals surface area contributed by atoms with Crippen LogP contribution in [0, 0.1) is 5.21 Å². The standard InChI is InChI=1S/C18H19NO3/c1-2-3-14-22-18(20)17(15-10-6-4-7-11-15)19(21)16-12-8-5-9-13-16/h4-13H,2-3,14H2,1H3. The summed E-state index contributed by atoms with van der Waals surface area (Å²) in [4.78, 5) is 12.3. The minimum Gasteiger partial charge on any atom is -0.618 e. The second-order valence-electron chi connectivity index (χ2n) is 4.83. The summed E-state index contributed by atoms with van der Waals surface area (Å²) in [6.07, 6.45) is 1.70. The van der Waals surface area contributed by atoms with Gasteiger partial charge in [0, 0.05) is 12.1 Å². The normalized spacial score (nSPS) is 11.7. The van der Waals surface area contributed by atoms with Crippen LogP contribution in [-0.4, -0.2) is 23.0 Å². The molecule has 0 spiro atoms. The van der Waals surface area contributed by atoms with Crippen LogP contribution < -0.4 is 0 Å². The van der Waals surface area contributed by atoms with Crippen molar-refractivity contribution in [3.63, 3.8) is 0 Å². The number of ether oxygens (including phenoxy) is 1. The van der Waals surface area contributed by atoms with E-state index in [0.717, 1.165) is 12.8 Å². The van der Waals surface area contributed by atoms with E-state index in [2.05, 4.69) is 0 Å². The Morgan fingerprint density at radius 1 is 1.05 bits per heavy atom. The van der Waals surface area contributed by atoms with Crippen molar-refractivity contribution < 1.29 is 14.3 Å². The van der Waals surface area contributed by atoms with E-state index in [0.29, 0.717) is 22.6 Å². The second-order valence-corrected chi connectivity index (χ2v) is 4.83. The quantitative estimate of drug-likeness (QED) is 0.204. The van der Waals surface area contributed by atoms with Gasteiger partial charge in [0.2, 0.25) is 5.69 Å². The zero-order chi connectivity index (χ0) is 15.8. The van der Waals surface area contributed by atoms with Crippen molar-refractivity contribution in [2.45, 2.75) is 19.8 Å². The molecule has 0 N–H and O–H groups in total. The van der Waals surface area contributed by atoms with Gasteiger partial charge in [-0.2, -0.15) is 4.74 Å². The summed E-state index contributed by atoms with van der Waals surface area (Å²) in [6, 6.07) is 17.5. The van der Waals surface area contributed by atoms with Gasteiger partial charge < -0.3 is 9.94 Å². The number of rotatable bonds is 6. The molecule has 2 aromatic carbocycles. The molecule has 0 aliphatic rings. The average molecular weight is 297 g/mol. The van der Waals surface area contributed by atoms with Crippen molar-refractivity contribution in [2.75, 3.05) is 6.61 Å². The van der Waals surface area contributed by atoms with Crippen LogP contribution in [0.5, 0.6) is 0 Å². The first-order chi connectivity index (χ1) is 10.7. The maximum atomic E-state index is 12.6. The van der Waals surface area contributed by atoms with Crippen molar-refractivity contribution in [1.82, 2.24) is 0 Å². The molecule has 0 saturated heterocycles. The molecule has 114 valence electrons. The molecule has 0 aromatic heterocycles. The number of carbonyl (C=O) groups excluding carboxylic acids is 1. The summed E-state index contributed by atoms with van der Waals surface area (Å²) in [5.74, 6) is -0.599. The smallest absolute Gasteiger partial charge is 0.405 e. The molecule has 0 atom stereocenters. The van der Waals surface area contributed by atoms with E-state index >= 15 is 0 Å². The number of hydrogen-bond donors (Lipinski definition) is 0. The number of hydrogen-bond acceptors (Lipinski definition) is 3. The SMILES string of the molecule is CCCCOC(=O)C(c1ccccc1)=[N+]([O-])c1ccccc1. The molecule has 0 bridgehead atoms. The van der Waals surface area contributed by atoms with Gasteiger partial charge in [-0.25, -0.2) is 4.79 Å². The molecule has 22 heavy (non-hydrogen) atoms. The maximum absolute atomic E-state index is 12.6. The molecule has 0 aliphatic heterocycles. The van der Waals surface area contributed by atoms with Gasteiger partial charge in [-0.15, -0.1) is 0 Å². The van der Waals surface area contributed by atoms with Crippen molar-refractivity contribution in [2.24, 2.45) is 0 Å². The zero-order valence-corrected chi connectivity index (χ0v) is 12.6. The van der Waals surface area contributed by atoms with Gasteiger partial charge in [0.15, 0.2) is 0 Å². The lowest BCUT2D eigenvalue weighted by atomic mass is 10.1. The van der Waals surface area contributed by atoms with E-state index in [4.69, 9.17) is 4.74 Å². The number of para-hydroxylation sites is 1. The molecule has 0 heterocycles. The van der Waals surface area contributed by atoms with E-state index < -0.39 is 5.97 Å². The summed E-state index contributed by atoms with van der Waals surface area (Å²) in [5.41, 5.74) is 0.944. The van der Waals surface area contributed by atoms with Crippen molar-refractivity contribution >= 4 is 17.4 Å². The van der Waals surface area contributed by atoms with Crippen molar-refractivity contribution in [1.29, 1.82) is 0 Å². The first-order valence-electron chi connectivity index (χ1n) is 7.36. The molecule has 0 amide bonds. The summed E-state index contributed by atoms with van der Waals surface area (Å²) < 4.78 is 5.85. The fourth-order valence-corrected chi connectivity index (χ4v) is 1.98. The van der Waals surface area contributed by atoms with Crippen LogP contribution in [0.3, 0.4) is 0 Å². The van der Waals surface area contributed by atoms with E-state index in [1.54, 1.807) is 48.5 Å². The highest BCUT2D eigenvalue weighted by atomic mass is 16.5. The third-order valence-corrected chi connectivity index (χ3v) is 3.17. The lowest BCUT2D eigenvalue weighted by Gasteiger charge is -2.10. The van der Waals surface area contributed by atoms with Crippen LogP contribution in [0.2, 0.25) is 0 Å². The minimum atomic E-state index is -0.599. The van der Waals surface area contributed by atoms with Crippen molar-refractivity contribution in [3.05, 3.63) is 71.4 Å². The molecule has 0 saturated carbocycles. The predicted octanol–water partition coefficient (Wildman–Crippen LogP) is 3.66. The Morgan fingerprint density at radius 3 is 2.23 bits per heavy atom. The van der Waals surface area contributed by atoms with Gasteiger partial charge in [0.05, 0.1) is 12.2 Å². The highest BCUT2D eigenvalue weighted by Gasteiger charge is 2.25. The monoisotopic (exact) mass is 297 g/mol. The third kappa shape index (κ3) is 3.95. The van der Waals surface area contributed by atoms with Crippen LogP contribution in [-0.2, 0) is 9.53 Å². The molecular weight excluding hydrogens is 278 g/mol. The second kappa shape index (κ2) is 7.98. The fourth-order valence-electron chi connectivity index (χ4n) is 1.98. The highest BCUT2D eigenvalue weighted by molar-refractivity contribution is 6.41. The Balaban J connectivity index is 2.40. The molecule has 4 nitrogen and oxygen atoms in total. The Labute approximate surface area is 130 Å². The largest absolute Gasteiger partial charge is 0.618 e. The van der Waals surface area contributed by atoms with Crippen LogP contribution in [0.1, 0.15) is 25.3 Å². The lowest BCUT2D eigenvalue weighted by molar-refractivity contribution is -0.360. The van der Waals surface area contributed by atoms with Crippen molar-refractivity contribution in [3.8, 4) is 0 Å². The van der Waals surface area contributed by atoms with E-state index in [-0.39, 0.29) is 5.71 Å². The van der Waals surface area contributed by atoms with Gasteiger partial charge in [-0.05, 0) is 18.6 Å². The van der Waals surface area contributed by atoms with E-state index in [9.17, 15) is 10.0 Å². The zero-order valence-electron chi connectivity index (χ0n) is 12.6. The third-order valence-electron chi connectivity index (χ3n) is 3.17. The van der Waals surface area contributed by atoms with Crippen LogP contribution in [0.15, 0.2) is 60.7 Å². The summed E-state index contributed by atoms with van der Waals surface area (Å²) in [5, 5.41) is 12.6. The van der Waals surface area contributed by atoms with Crippen LogP contribution in [0.25, 0.3) is 0 Å². The summed E-state index contributed by atoms with van der Waals surface area (Å²) >= 11 is 0. The molecular formula is C18H19NO3.